The number of carbonyl (C=O) groups excluding carboxylic acids is 1. The number of rotatable bonds is 6. The maximum absolute atomic E-state index is 12.9. The molecule has 2 heterocycles. The zero-order valence-electron chi connectivity index (χ0n) is 19.3. The molecule has 0 spiro atoms. The molecule has 1 aliphatic heterocycles. The van der Waals surface area contributed by atoms with Crippen LogP contribution in [0.3, 0.4) is 0 Å². The van der Waals surface area contributed by atoms with Gasteiger partial charge in [0.25, 0.3) is 5.91 Å². The van der Waals surface area contributed by atoms with Gasteiger partial charge in [0.15, 0.2) is 5.76 Å². The highest BCUT2D eigenvalue weighted by atomic mass is 16.3. The third-order valence-corrected chi connectivity index (χ3v) is 7.53. The molecule has 1 saturated heterocycles. The normalized spacial score (nSPS) is 23.8. The van der Waals surface area contributed by atoms with Gasteiger partial charge in [-0.2, -0.15) is 0 Å². The Morgan fingerprint density at radius 2 is 1.55 bits per heavy atom. The van der Waals surface area contributed by atoms with E-state index in [0.29, 0.717) is 12.2 Å². The molecule has 0 bridgehead atoms. The summed E-state index contributed by atoms with van der Waals surface area (Å²) in [6.07, 6.45) is 8.78. The minimum Gasteiger partial charge on any atom is -0.456 e. The number of nitrogens with one attached hydrogen (secondary N) is 1. The van der Waals surface area contributed by atoms with E-state index in [1.165, 1.54) is 43.5 Å². The minimum absolute atomic E-state index is 0.0931. The first-order valence-electron chi connectivity index (χ1n) is 12.5. The lowest BCUT2D eigenvalue weighted by atomic mass is 9.73. The fourth-order valence-corrected chi connectivity index (χ4v) is 5.75. The second kappa shape index (κ2) is 9.96. The van der Waals surface area contributed by atoms with Crippen molar-refractivity contribution in [1.29, 1.82) is 0 Å². The first-order chi connectivity index (χ1) is 16.2. The number of likely N-dealkylation sites (tertiary alicyclic amines) is 1. The SMILES string of the molecule is O=C(NC1CCC(c2ccccc2)(N2CCCCC2)CC1)c1ccc(Cc2ccccc2)o1. The lowest BCUT2D eigenvalue weighted by Gasteiger charge is -2.50. The molecular weight excluding hydrogens is 408 g/mol. The Labute approximate surface area is 197 Å². The number of amides is 1. The van der Waals surface area contributed by atoms with E-state index in [1.54, 1.807) is 6.07 Å². The van der Waals surface area contributed by atoms with E-state index in [9.17, 15) is 4.79 Å². The van der Waals surface area contributed by atoms with Crippen molar-refractivity contribution in [3.8, 4) is 0 Å². The van der Waals surface area contributed by atoms with Crippen molar-refractivity contribution in [1.82, 2.24) is 10.2 Å². The van der Waals surface area contributed by atoms with E-state index in [4.69, 9.17) is 4.42 Å². The molecule has 0 atom stereocenters. The van der Waals surface area contributed by atoms with Gasteiger partial charge in [-0.3, -0.25) is 9.69 Å². The van der Waals surface area contributed by atoms with Crippen LogP contribution < -0.4 is 5.32 Å². The molecule has 2 fully saturated rings. The van der Waals surface area contributed by atoms with Crippen LogP contribution in [-0.2, 0) is 12.0 Å². The Hall–Kier alpha value is -2.85. The average molecular weight is 443 g/mol. The van der Waals surface area contributed by atoms with Gasteiger partial charge in [0.1, 0.15) is 5.76 Å². The Balaban J connectivity index is 1.22. The molecular formula is C29H34N2O2. The fourth-order valence-electron chi connectivity index (χ4n) is 5.75. The van der Waals surface area contributed by atoms with Gasteiger partial charge in [0, 0.05) is 18.0 Å². The number of hydrogen-bond donors (Lipinski definition) is 1. The van der Waals surface area contributed by atoms with Crippen LogP contribution in [-0.4, -0.2) is 29.9 Å². The third-order valence-electron chi connectivity index (χ3n) is 7.53. The predicted octanol–water partition coefficient (Wildman–Crippen LogP) is 5.92. The number of piperidine rings is 1. The van der Waals surface area contributed by atoms with Gasteiger partial charge in [-0.15, -0.1) is 0 Å². The summed E-state index contributed by atoms with van der Waals surface area (Å²) in [5, 5.41) is 3.25. The summed E-state index contributed by atoms with van der Waals surface area (Å²) in [4.78, 5) is 15.6. The van der Waals surface area contributed by atoms with Crippen LogP contribution in [0.1, 0.15) is 72.4 Å². The van der Waals surface area contributed by atoms with Crippen molar-refractivity contribution < 1.29 is 9.21 Å². The molecule has 4 nitrogen and oxygen atoms in total. The molecule has 1 saturated carbocycles. The maximum Gasteiger partial charge on any atom is 0.287 e. The van der Waals surface area contributed by atoms with Gasteiger partial charge >= 0.3 is 0 Å². The highest BCUT2D eigenvalue weighted by Crippen LogP contribution is 2.43. The number of nitrogens with zero attached hydrogens (tertiary/aromatic N) is 1. The van der Waals surface area contributed by atoms with Crippen LogP contribution in [0.15, 0.2) is 77.2 Å². The average Bonchev–Trinajstić information content (AvgIpc) is 3.35. The standard InChI is InChI=1S/C29H34N2O2/c32-28(27-15-14-26(33-27)22-23-10-4-1-5-11-23)30-25-16-18-29(19-17-25,24-12-6-2-7-13-24)31-20-8-3-9-21-31/h1-2,4-7,10-15,25H,3,8-9,16-22H2,(H,30,32). The summed E-state index contributed by atoms with van der Waals surface area (Å²) in [6.45, 7) is 2.37. The van der Waals surface area contributed by atoms with Crippen LogP contribution in [0.2, 0.25) is 0 Å². The summed E-state index contributed by atoms with van der Waals surface area (Å²) in [5.41, 5.74) is 2.73. The topological polar surface area (TPSA) is 45.5 Å². The molecule has 33 heavy (non-hydrogen) atoms. The molecule has 1 aliphatic carbocycles. The van der Waals surface area contributed by atoms with E-state index in [1.807, 2.05) is 24.3 Å². The van der Waals surface area contributed by atoms with Crippen LogP contribution in [0.25, 0.3) is 0 Å². The van der Waals surface area contributed by atoms with Gasteiger partial charge < -0.3 is 9.73 Å². The van der Waals surface area contributed by atoms with Crippen molar-refractivity contribution in [3.63, 3.8) is 0 Å². The minimum atomic E-state index is -0.0931. The highest BCUT2D eigenvalue weighted by molar-refractivity contribution is 5.91. The second-order valence-electron chi connectivity index (χ2n) is 9.62. The Morgan fingerprint density at radius 1 is 0.879 bits per heavy atom. The van der Waals surface area contributed by atoms with Crippen LogP contribution in [0.4, 0.5) is 0 Å². The highest BCUT2D eigenvalue weighted by Gasteiger charge is 2.42. The second-order valence-corrected chi connectivity index (χ2v) is 9.62. The monoisotopic (exact) mass is 442 g/mol. The van der Waals surface area contributed by atoms with Gasteiger partial charge in [-0.05, 0) is 74.9 Å². The molecule has 2 aliphatic rings. The zero-order valence-corrected chi connectivity index (χ0v) is 19.3. The van der Waals surface area contributed by atoms with E-state index in [-0.39, 0.29) is 17.5 Å². The molecule has 2 aromatic carbocycles. The third kappa shape index (κ3) is 4.91. The summed E-state index contributed by atoms with van der Waals surface area (Å²) < 4.78 is 5.88. The Kier molecular flexibility index (Phi) is 6.63. The summed E-state index contributed by atoms with van der Waals surface area (Å²) in [7, 11) is 0. The molecule has 0 radical (unpaired) electrons. The number of benzene rings is 2. The molecule has 4 heteroatoms. The largest absolute Gasteiger partial charge is 0.456 e. The molecule has 172 valence electrons. The van der Waals surface area contributed by atoms with E-state index in [2.05, 4.69) is 52.7 Å². The number of carbonyl (C=O) groups is 1. The number of furan rings is 1. The van der Waals surface area contributed by atoms with Gasteiger partial charge in [0.05, 0.1) is 0 Å². The smallest absolute Gasteiger partial charge is 0.287 e. The van der Waals surface area contributed by atoms with Crippen molar-refractivity contribution in [2.75, 3.05) is 13.1 Å². The van der Waals surface area contributed by atoms with E-state index in [0.717, 1.165) is 31.4 Å². The predicted molar refractivity (Wildman–Crippen MR) is 131 cm³/mol. The molecule has 0 unspecified atom stereocenters. The quantitative estimate of drug-likeness (QED) is 0.515. The number of hydrogen-bond acceptors (Lipinski definition) is 3. The van der Waals surface area contributed by atoms with Crippen molar-refractivity contribution in [2.45, 2.75) is 62.9 Å². The lowest BCUT2D eigenvalue weighted by molar-refractivity contribution is 0.0225. The molecule has 1 amide bonds. The maximum atomic E-state index is 12.9. The van der Waals surface area contributed by atoms with Crippen molar-refractivity contribution in [3.05, 3.63) is 95.4 Å². The van der Waals surface area contributed by atoms with Crippen LogP contribution in [0, 0.1) is 0 Å². The van der Waals surface area contributed by atoms with Gasteiger partial charge in [0.2, 0.25) is 0 Å². The molecule has 5 rings (SSSR count). The Morgan fingerprint density at radius 3 is 2.24 bits per heavy atom. The van der Waals surface area contributed by atoms with E-state index >= 15 is 0 Å². The molecule has 1 N–H and O–H groups in total. The summed E-state index contributed by atoms with van der Waals surface area (Å²) >= 11 is 0. The van der Waals surface area contributed by atoms with Gasteiger partial charge in [-0.25, -0.2) is 0 Å². The van der Waals surface area contributed by atoms with Crippen molar-refractivity contribution in [2.24, 2.45) is 0 Å². The van der Waals surface area contributed by atoms with Crippen molar-refractivity contribution >= 4 is 5.91 Å². The Bertz CT molecular complexity index is 1030. The van der Waals surface area contributed by atoms with Gasteiger partial charge in [-0.1, -0.05) is 67.1 Å². The summed E-state index contributed by atoms with van der Waals surface area (Å²) in [5.74, 6) is 1.14. The molecule has 1 aromatic heterocycles. The fraction of sp³-hybridized carbons (Fsp3) is 0.414. The van der Waals surface area contributed by atoms with Crippen LogP contribution in [0.5, 0.6) is 0 Å². The first kappa shape index (κ1) is 22.0. The lowest BCUT2D eigenvalue weighted by Crippen LogP contribution is -2.53. The zero-order chi connectivity index (χ0) is 22.5. The first-order valence-corrected chi connectivity index (χ1v) is 12.5. The van der Waals surface area contributed by atoms with E-state index < -0.39 is 0 Å². The summed E-state index contributed by atoms with van der Waals surface area (Å²) in [6, 6.07) is 25.1. The van der Waals surface area contributed by atoms with Crippen LogP contribution >= 0.6 is 0 Å². The molecule has 3 aromatic rings.